The summed E-state index contributed by atoms with van der Waals surface area (Å²) in [4.78, 5) is 9.62. The molecule has 7 heteroatoms. The molecular formula is C12H17N5OS. The van der Waals surface area contributed by atoms with E-state index in [1.807, 2.05) is 11.4 Å². The molecule has 1 aliphatic heterocycles. The van der Waals surface area contributed by atoms with E-state index < -0.39 is 0 Å². The van der Waals surface area contributed by atoms with Crippen LogP contribution in [0.25, 0.3) is 10.2 Å². The Bertz CT molecular complexity index is 552. The summed E-state index contributed by atoms with van der Waals surface area (Å²) in [5.41, 5.74) is 2.51. The molecule has 0 saturated carbocycles. The molecule has 1 saturated heterocycles. The molecule has 0 radical (unpaired) electrons. The van der Waals surface area contributed by atoms with E-state index >= 15 is 0 Å². The van der Waals surface area contributed by atoms with Crippen LogP contribution < -0.4 is 16.6 Å². The van der Waals surface area contributed by atoms with Crippen molar-refractivity contribution in [2.45, 2.75) is 12.8 Å². The van der Waals surface area contributed by atoms with Gasteiger partial charge in [-0.15, -0.1) is 11.3 Å². The summed E-state index contributed by atoms with van der Waals surface area (Å²) in [6.45, 7) is 2.67. The van der Waals surface area contributed by atoms with Crippen molar-refractivity contribution in [3.8, 4) is 0 Å². The fourth-order valence-electron chi connectivity index (χ4n) is 2.26. The van der Waals surface area contributed by atoms with Crippen molar-refractivity contribution in [2.75, 3.05) is 30.5 Å². The number of hydrazine groups is 1. The van der Waals surface area contributed by atoms with E-state index in [-0.39, 0.29) is 0 Å². The first-order chi connectivity index (χ1) is 9.36. The smallest absolute Gasteiger partial charge is 0.240 e. The number of hydrogen-bond acceptors (Lipinski definition) is 7. The zero-order valence-corrected chi connectivity index (χ0v) is 11.4. The number of nitrogens with zero attached hydrogens (tertiary/aromatic N) is 2. The lowest BCUT2D eigenvalue weighted by molar-refractivity contribution is 0.185. The monoisotopic (exact) mass is 279 g/mol. The molecule has 6 nitrogen and oxygen atoms in total. The van der Waals surface area contributed by atoms with E-state index in [9.17, 15) is 0 Å². The number of nitrogen functional groups attached to an aromatic ring is 1. The summed E-state index contributed by atoms with van der Waals surface area (Å²) in [6.07, 6.45) is 2.26. The van der Waals surface area contributed by atoms with Crippen molar-refractivity contribution in [1.29, 1.82) is 0 Å². The normalized spacial score (nSPS) is 18.9. The van der Waals surface area contributed by atoms with Crippen LogP contribution in [0.5, 0.6) is 0 Å². The second-order valence-electron chi connectivity index (χ2n) is 4.62. The molecular weight excluding hydrogens is 262 g/mol. The summed E-state index contributed by atoms with van der Waals surface area (Å²) in [5, 5.41) is 6.44. The third-order valence-corrected chi connectivity index (χ3v) is 4.13. The number of aromatic nitrogens is 2. The molecule has 3 rings (SSSR count). The van der Waals surface area contributed by atoms with Gasteiger partial charge in [-0.25, -0.2) is 10.8 Å². The summed E-state index contributed by atoms with van der Waals surface area (Å²) in [5.74, 6) is 7.35. The Morgan fingerprint density at radius 3 is 3.21 bits per heavy atom. The summed E-state index contributed by atoms with van der Waals surface area (Å²) in [6, 6.07) is 2.03. The van der Waals surface area contributed by atoms with Gasteiger partial charge in [-0.1, -0.05) is 0 Å². The van der Waals surface area contributed by atoms with Crippen LogP contribution in [-0.2, 0) is 4.74 Å². The van der Waals surface area contributed by atoms with Crippen molar-refractivity contribution in [2.24, 2.45) is 11.8 Å². The van der Waals surface area contributed by atoms with Gasteiger partial charge in [0.15, 0.2) is 0 Å². The Hall–Kier alpha value is -1.44. The van der Waals surface area contributed by atoms with E-state index in [4.69, 9.17) is 10.6 Å². The van der Waals surface area contributed by atoms with Crippen LogP contribution in [0, 0.1) is 5.92 Å². The second kappa shape index (κ2) is 5.68. The Morgan fingerprint density at radius 1 is 1.47 bits per heavy atom. The zero-order chi connectivity index (χ0) is 13.1. The zero-order valence-electron chi connectivity index (χ0n) is 10.6. The molecule has 4 N–H and O–H groups in total. The van der Waals surface area contributed by atoms with Crippen LogP contribution in [0.1, 0.15) is 12.8 Å². The van der Waals surface area contributed by atoms with Gasteiger partial charge in [0, 0.05) is 19.8 Å². The molecule has 1 unspecified atom stereocenters. The Morgan fingerprint density at radius 2 is 2.42 bits per heavy atom. The predicted molar refractivity (Wildman–Crippen MR) is 77.3 cm³/mol. The first kappa shape index (κ1) is 12.6. The van der Waals surface area contributed by atoms with Crippen molar-refractivity contribution in [3.05, 3.63) is 11.4 Å². The quantitative estimate of drug-likeness (QED) is 0.572. The standard InChI is InChI=1S/C12H17N5OS/c13-17-12-15-10(9-3-6-19-11(9)16-12)14-4-1-8-2-5-18-7-8/h3,6,8H,1-2,4-5,7,13H2,(H2,14,15,16,17). The molecule has 0 amide bonds. The molecule has 1 aliphatic rings. The van der Waals surface area contributed by atoms with Crippen LogP contribution in [0.15, 0.2) is 11.4 Å². The first-order valence-corrected chi connectivity index (χ1v) is 7.28. The van der Waals surface area contributed by atoms with Gasteiger partial charge < -0.3 is 10.1 Å². The number of anilines is 2. The Labute approximate surface area is 115 Å². The largest absolute Gasteiger partial charge is 0.381 e. The minimum absolute atomic E-state index is 0.446. The fourth-order valence-corrected chi connectivity index (χ4v) is 3.02. The van der Waals surface area contributed by atoms with Gasteiger partial charge >= 0.3 is 0 Å². The molecule has 0 spiro atoms. The highest BCUT2D eigenvalue weighted by Crippen LogP contribution is 2.26. The van der Waals surface area contributed by atoms with Gasteiger partial charge in [0.05, 0.1) is 5.39 Å². The molecule has 3 heterocycles. The van der Waals surface area contributed by atoms with Crippen LogP contribution in [0.2, 0.25) is 0 Å². The average molecular weight is 279 g/mol. The number of fused-ring (bicyclic) bond motifs is 1. The lowest BCUT2D eigenvalue weighted by atomic mass is 10.1. The molecule has 2 aromatic rings. The third kappa shape index (κ3) is 2.78. The predicted octanol–water partition coefficient (Wildman–Crippen LogP) is 1.82. The SMILES string of the molecule is NNc1nc(NCCC2CCOC2)c2ccsc2n1. The number of thiophene rings is 1. The van der Waals surface area contributed by atoms with E-state index in [1.54, 1.807) is 11.3 Å². The van der Waals surface area contributed by atoms with Crippen molar-refractivity contribution in [3.63, 3.8) is 0 Å². The van der Waals surface area contributed by atoms with Crippen molar-refractivity contribution >= 4 is 33.3 Å². The molecule has 2 aromatic heterocycles. The highest BCUT2D eigenvalue weighted by atomic mass is 32.1. The Kier molecular flexibility index (Phi) is 3.77. The molecule has 1 atom stereocenters. The van der Waals surface area contributed by atoms with Crippen molar-refractivity contribution in [1.82, 2.24) is 9.97 Å². The number of nitrogens with two attached hydrogens (primary N) is 1. The van der Waals surface area contributed by atoms with E-state index in [0.29, 0.717) is 11.9 Å². The molecule has 1 fully saturated rings. The maximum Gasteiger partial charge on any atom is 0.240 e. The van der Waals surface area contributed by atoms with Crippen molar-refractivity contribution < 1.29 is 4.74 Å². The number of nitrogens with one attached hydrogen (secondary N) is 2. The summed E-state index contributed by atoms with van der Waals surface area (Å²) < 4.78 is 5.38. The highest BCUT2D eigenvalue weighted by Gasteiger charge is 2.15. The fraction of sp³-hybridized carbons (Fsp3) is 0.500. The van der Waals surface area contributed by atoms with Gasteiger partial charge in [0.25, 0.3) is 0 Å². The number of rotatable bonds is 5. The molecule has 0 bridgehead atoms. The maximum atomic E-state index is 5.39. The average Bonchev–Trinajstić information content (AvgIpc) is 3.08. The molecule has 102 valence electrons. The van der Waals surface area contributed by atoms with E-state index in [0.717, 1.165) is 48.6 Å². The minimum atomic E-state index is 0.446. The van der Waals surface area contributed by atoms with Gasteiger partial charge in [-0.3, -0.25) is 5.43 Å². The van der Waals surface area contributed by atoms with E-state index in [1.165, 1.54) is 0 Å². The van der Waals surface area contributed by atoms with Crippen LogP contribution in [0.3, 0.4) is 0 Å². The van der Waals surface area contributed by atoms with Gasteiger partial charge in [0.2, 0.25) is 5.95 Å². The maximum absolute atomic E-state index is 5.39. The Balaban J connectivity index is 1.70. The second-order valence-corrected chi connectivity index (χ2v) is 5.52. The molecule has 0 aliphatic carbocycles. The lowest BCUT2D eigenvalue weighted by Gasteiger charge is -2.10. The number of hydrogen-bond donors (Lipinski definition) is 3. The summed E-state index contributed by atoms with van der Waals surface area (Å²) >= 11 is 1.58. The summed E-state index contributed by atoms with van der Waals surface area (Å²) in [7, 11) is 0. The number of ether oxygens (including phenoxy) is 1. The first-order valence-electron chi connectivity index (χ1n) is 6.40. The van der Waals surface area contributed by atoms with Gasteiger partial charge in [0.1, 0.15) is 10.6 Å². The van der Waals surface area contributed by atoms with Crippen LogP contribution in [0.4, 0.5) is 11.8 Å². The van der Waals surface area contributed by atoms with Gasteiger partial charge in [-0.2, -0.15) is 4.98 Å². The molecule has 19 heavy (non-hydrogen) atoms. The molecule has 0 aromatic carbocycles. The third-order valence-electron chi connectivity index (χ3n) is 3.32. The highest BCUT2D eigenvalue weighted by molar-refractivity contribution is 7.16. The van der Waals surface area contributed by atoms with Gasteiger partial charge in [-0.05, 0) is 30.2 Å². The minimum Gasteiger partial charge on any atom is -0.381 e. The lowest BCUT2D eigenvalue weighted by Crippen LogP contribution is -2.13. The van der Waals surface area contributed by atoms with E-state index in [2.05, 4.69) is 20.7 Å². The topological polar surface area (TPSA) is 85.1 Å². The van der Waals surface area contributed by atoms with Crippen LogP contribution >= 0.6 is 11.3 Å². The van der Waals surface area contributed by atoms with Crippen LogP contribution in [-0.4, -0.2) is 29.7 Å².